The van der Waals surface area contributed by atoms with Gasteiger partial charge in [-0.2, -0.15) is 0 Å². The third-order valence-electron chi connectivity index (χ3n) is 6.77. The summed E-state index contributed by atoms with van der Waals surface area (Å²) in [6, 6.07) is 17.0. The minimum atomic E-state index is -0.314. The van der Waals surface area contributed by atoms with Crippen molar-refractivity contribution in [2.45, 2.75) is 11.3 Å². The Bertz CT molecular complexity index is 1400. The van der Waals surface area contributed by atoms with E-state index in [0.29, 0.717) is 23.7 Å². The number of hydrogen-bond acceptors (Lipinski definition) is 7. The minimum Gasteiger partial charge on any atom is -0.493 e. The van der Waals surface area contributed by atoms with Crippen molar-refractivity contribution in [2.24, 2.45) is 14.1 Å². The van der Waals surface area contributed by atoms with Crippen LogP contribution in [0.2, 0.25) is 0 Å². The summed E-state index contributed by atoms with van der Waals surface area (Å²) in [5.41, 5.74) is 0.928. The molecule has 1 aliphatic heterocycles. The summed E-state index contributed by atoms with van der Waals surface area (Å²) in [7, 11) is 3.19. The number of para-hydroxylation sites is 1. The van der Waals surface area contributed by atoms with Crippen molar-refractivity contribution in [3.63, 3.8) is 0 Å². The van der Waals surface area contributed by atoms with E-state index in [0.717, 1.165) is 49.3 Å². The number of ketones is 1. The molecule has 8 nitrogen and oxygen atoms in total. The number of piperazine rings is 1. The molecule has 0 saturated carbocycles. The van der Waals surface area contributed by atoms with Crippen LogP contribution >= 0.6 is 11.8 Å². The van der Waals surface area contributed by atoms with Gasteiger partial charge in [0.15, 0.2) is 5.78 Å². The number of carbonyl (C=O) groups excluding carboxylic acids is 1. The van der Waals surface area contributed by atoms with Crippen LogP contribution in [0.1, 0.15) is 22.3 Å². The molecule has 0 atom stereocenters. The quantitative estimate of drug-likeness (QED) is 0.171. The van der Waals surface area contributed by atoms with Gasteiger partial charge in [-0.25, -0.2) is 4.79 Å². The number of anilines is 1. The summed E-state index contributed by atoms with van der Waals surface area (Å²) in [6.45, 7) is 4.53. The average molecular weight is 535 g/mol. The fourth-order valence-electron chi connectivity index (χ4n) is 4.47. The zero-order chi connectivity index (χ0) is 27.1. The van der Waals surface area contributed by atoms with E-state index in [1.54, 1.807) is 31.0 Å². The number of ether oxygens (including phenoxy) is 1. The van der Waals surface area contributed by atoms with E-state index in [1.165, 1.54) is 22.6 Å². The first-order chi connectivity index (χ1) is 18.4. The van der Waals surface area contributed by atoms with E-state index in [-0.39, 0.29) is 17.0 Å². The smallest absolute Gasteiger partial charge is 0.332 e. The first-order valence-corrected chi connectivity index (χ1v) is 13.9. The van der Waals surface area contributed by atoms with Gasteiger partial charge in [-0.15, -0.1) is 11.8 Å². The molecule has 0 bridgehead atoms. The lowest BCUT2D eigenvalue weighted by Gasteiger charge is -2.36. The van der Waals surface area contributed by atoms with Crippen molar-refractivity contribution in [2.75, 3.05) is 50.5 Å². The van der Waals surface area contributed by atoms with Gasteiger partial charge in [-0.3, -0.25) is 23.6 Å². The second-order valence-electron chi connectivity index (χ2n) is 9.24. The number of hydrogen-bond donors (Lipinski definition) is 0. The maximum absolute atomic E-state index is 12.8. The van der Waals surface area contributed by atoms with Crippen molar-refractivity contribution in [1.82, 2.24) is 14.0 Å². The van der Waals surface area contributed by atoms with Crippen molar-refractivity contribution >= 4 is 29.4 Å². The first-order valence-electron chi connectivity index (χ1n) is 12.7. The molecule has 1 aromatic heterocycles. The number of rotatable bonds is 10. The molecule has 9 heteroatoms. The molecule has 1 saturated heterocycles. The highest BCUT2D eigenvalue weighted by atomic mass is 32.2. The van der Waals surface area contributed by atoms with Crippen LogP contribution in [-0.4, -0.2) is 65.4 Å². The molecule has 0 aliphatic carbocycles. The maximum atomic E-state index is 12.8. The zero-order valence-corrected chi connectivity index (χ0v) is 22.9. The van der Waals surface area contributed by atoms with Crippen molar-refractivity contribution in [3.8, 4) is 5.75 Å². The summed E-state index contributed by atoms with van der Waals surface area (Å²) in [5, 5.41) is 0. The normalized spacial score (nSPS) is 14.2. The number of thioether (sulfide) groups is 1. The standard InChI is InChI=1S/C29H34N4O4S/c1-30-27(21-28(35)31(2)29(30)36)33-18-16-32(17-19-33)15-6-20-37-26-8-5-4-7-24(26)25(34)14-11-22-9-12-23(38-3)13-10-22/h4-5,7-14,21H,6,15-20H2,1-3H3. The predicted octanol–water partition coefficient (Wildman–Crippen LogP) is 3.29. The Morgan fingerprint density at radius 3 is 2.39 bits per heavy atom. The van der Waals surface area contributed by atoms with Gasteiger partial charge in [0.05, 0.1) is 12.2 Å². The van der Waals surface area contributed by atoms with E-state index < -0.39 is 0 Å². The fourth-order valence-corrected chi connectivity index (χ4v) is 4.88. The van der Waals surface area contributed by atoms with Gasteiger partial charge in [-0.05, 0) is 48.6 Å². The Morgan fingerprint density at radius 2 is 1.68 bits per heavy atom. The first kappa shape index (κ1) is 27.5. The zero-order valence-electron chi connectivity index (χ0n) is 22.1. The van der Waals surface area contributed by atoms with Gasteiger partial charge < -0.3 is 9.64 Å². The maximum Gasteiger partial charge on any atom is 0.332 e. The van der Waals surface area contributed by atoms with Gasteiger partial charge in [0.1, 0.15) is 11.6 Å². The minimum absolute atomic E-state index is 0.0872. The Balaban J connectivity index is 1.26. The highest BCUT2D eigenvalue weighted by Crippen LogP contribution is 2.21. The molecular weight excluding hydrogens is 500 g/mol. The molecule has 38 heavy (non-hydrogen) atoms. The van der Waals surface area contributed by atoms with Gasteiger partial charge in [0, 0.05) is 57.8 Å². The number of aromatic nitrogens is 2. The van der Waals surface area contributed by atoms with Crippen molar-refractivity contribution in [3.05, 3.63) is 92.6 Å². The number of carbonyl (C=O) groups is 1. The van der Waals surface area contributed by atoms with E-state index >= 15 is 0 Å². The summed E-state index contributed by atoms with van der Waals surface area (Å²) in [4.78, 5) is 42.8. The lowest BCUT2D eigenvalue weighted by atomic mass is 10.1. The van der Waals surface area contributed by atoms with E-state index in [1.807, 2.05) is 54.8 Å². The largest absolute Gasteiger partial charge is 0.493 e. The molecule has 2 aromatic carbocycles. The van der Waals surface area contributed by atoms with Gasteiger partial charge in [-0.1, -0.05) is 30.3 Å². The second kappa shape index (κ2) is 12.8. The van der Waals surface area contributed by atoms with E-state index in [4.69, 9.17) is 4.74 Å². The van der Waals surface area contributed by atoms with Gasteiger partial charge in [0.2, 0.25) is 0 Å². The number of nitrogens with zero attached hydrogens (tertiary/aromatic N) is 4. The summed E-state index contributed by atoms with van der Waals surface area (Å²) < 4.78 is 8.65. The van der Waals surface area contributed by atoms with Crippen LogP contribution in [0.15, 0.2) is 75.2 Å². The van der Waals surface area contributed by atoms with Crippen molar-refractivity contribution in [1.29, 1.82) is 0 Å². The molecule has 0 unspecified atom stereocenters. The molecule has 0 radical (unpaired) electrons. The van der Waals surface area contributed by atoms with Gasteiger partial charge in [0.25, 0.3) is 5.56 Å². The molecule has 1 aliphatic rings. The monoisotopic (exact) mass is 534 g/mol. The van der Waals surface area contributed by atoms with Crippen LogP contribution in [0, 0.1) is 0 Å². The molecule has 2 heterocycles. The van der Waals surface area contributed by atoms with Gasteiger partial charge >= 0.3 is 5.69 Å². The van der Waals surface area contributed by atoms with Crippen LogP contribution < -0.4 is 20.9 Å². The van der Waals surface area contributed by atoms with Crippen LogP contribution in [0.25, 0.3) is 6.08 Å². The predicted molar refractivity (Wildman–Crippen MR) is 154 cm³/mol. The summed E-state index contributed by atoms with van der Waals surface area (Å²) in [6.07, 6.45) is 6.28. The Morgan fingerprint density at radius 1 is 0.974 bits per heavy atom. The third kappa shape index (κ3) is 6.65. The fraction of sp³-hybridized carbons (Fsp3) is 0.345. The Hall–Kier alpha value is -3.56. The molecule has 200 valence electrons. The SMILES string of the molecule is CSc1ccc(C=CC(=O)c2ccccc2OCCCN2CCN(c3cc(=O)n(C)c(=O)n3C)CC2)cc1. The second-order valence-corrected chi connectivity index (χ2v) is 10.1. The lowest BCUT2D eigenvalue weighted by Crippen LogP contribution is -2.49. The van der Waals surface area contributed by atoms with Crippen LogP contribution in [0.4, 0.5) is 5.82 Å². The number of benzene rings is 2. The molecule has 4 rings (SSSR count). The Labute approximate surface area is 227 Å². The highest BCUT2D eigenvalue weighted by molar-refractivity contribution is 7.98. The van der Waals surface area contributed by atoms with E-state index in [9.17, 15) is 14.4 Å². The molecule has 0 spiro atoms. The Kier molecular flexibility index (Phi) is 9.25. The lowest BCUT2D eigenvalue weighted by molar-refractivity contribution is 0.104. The summed E-state index contributed by atoms with van der Waals surface area (Å²) in [5.74, 6) is 1.17. The van der Waals surface area contributed by atoms with Crippen molar-refractivity contribution < 1.29 is 9.53 Å². The number of allylic oxidation sites excluding steroid dienone is 1. The van der Waals surface area contributed by atoms with Crippen LogP contribution in [-0.2, 0) is 14.1 Å². The molecule has 1 fully saturated rings. The molecular formula is C29H34N4O4S. The highest BCUT2D eigenvalue weighted by Gasteiger charge is 2.20. The molecule has 0 N–H and O–H groups in total. The van der Waals surface area contributed by atoms with E-state index in [2.05, 4.69) is 9.80 Å². The third-order valence-corrected chi connectivity index (χ3v) is 7.51. The molecule has 3 aromatic rings. The van der Waals surface area contributed by atoms with Crippen LogP contribution in [0.3, 0.4) is 0 Å². The summed E-state index contributed by atoms with van der Waals surface area (Å²) >= 11 is 1.68. The molecule has 0 amide bonds. The average Bonchev–Trinajstić information content (AvgIpc) is 2.95. The topological polar surface area (TPSA) is 76.8 Å². The van der Waals surface area contributed by atoms with Crippen LogP contribution in [0.5, 0.6) is 5.75 Å².